The fraction of sp³-hybridized carbons (Fsp3) is 0.143. The minimum absolute atomic E-state index is 0. The standard InChI is InChI=1S/C7H6Cl2O4S.Na.H/c8-5-1-4(3-14(11,12)13)7(10)6(9)2-5;;/h1-2,10H,3H2,(H,11,12,13);;. The van der Waals surface area contributed by atoms with Crippen LogP contribution < -0.4 is 0 Å². The van der Waals surface area contributed by atoms with Crippen molar-refractivity contribution in [1.82, 2.24) is 0 Å². The zero-order chi connectivity index (χ0) is 10.9. The first kappa shape index (κ1) is 15.5. The van der Waals surface area contributed by atoms with Gasteiger partial charge < -0.3 is 5.11 Å². The van der Waals surface area contributed by atoms with E-state index >= 15 is 0 Å². The van der Waals surface area contributed by atoms with Gasteiger partial charge in [0.15, 0.2) is 0 Å². The van der Waals surface area contributed by atoms with Crippen molar-refractivity contribution >= 4 is 62.9 Å². The normalized spacial score (nSPS) is 10.9. The van der Waals surface area contributed by atoms with Crippen LogP contribution in [-0.4, -0.2) is 47.6 Å². The van der Waals surface area contributed by atoms with Crippen LogP contribution in [0.2, 0.25) is 10.0 Å². The zero-order valence-electron chi connectivity index (χ0n) is 6.74. The number of phenols is 1. The Morgan fingerprint density at radius 2 is 1.80 bits per heavy atom. The van der Waals surface area contributed by atoms with Crippen molar-refractivity contribution in [3.63, 3.8) is 0 Å². The molecule has 0 saturated heterocycles. The monoisotopic (exact) mass is 280 g/mol. The van der Waals surface area contributed by atoms with Crippen LogP contribution in [0.25, 0.3) is 0 Å². The Morgan fingerprint density at radius 1 is 1.27 bits per heavy atom. The summed E-state index contributed by atoms with van der Waals surface area (Å²) in [7, 11) is -4.21. The molecular formula is C7H7Cl2NaO4S. The van der Waals surface area contributed by atoms with Crippen LogP contribution in [-0.2, 0) is 15.9 Å². The Bertz CT molecular complexity index is 460. The fourth-order valence-corrected chi connectivity index (χ4v) is 2.07. The summed E-state index contributed by atoms with van der Waals surface area (Å²) in [6.07, 6.45) is 0. The first-order chi connectivity index (χ1) is 6.29. The van der Waals surface area contributed by atoms with Crippen molar-refractivity contribution in [2.24, 2.45) is 0 Å². The topological polar surface area (TPSA) is 74.6 Å². The Balaban J connectivity index is 0.00000196. The summed E-state index contributed by atoms with van der Waals surface area (Å²) in [5.74, 6) is -1.12. The SMILES string of the molecule is O=S(=O)(O)Cc1cc(Cl)cc(Cl)c1O.[NaH]. The van der Waals surface area contributed by atoms with Gasteiger partial charge >= 0.3 is 29.6 Å². The van der Waals surface area contributed by atoms with E-state index in [0.717, 1.165) is 0 Å². The molecule has 0 fully saturated rings. The molecule has 0 spiro atoms. The van der Waals surface area contributed by atoms with Gasteiger partial charge in [-0.25, -0.2) is 0 Å². The van der Waals surface area contributed by atoms with Gasteiger partial charge in [-0.05, 0) is 12.1 Å². The maximum atomic E-state index is 10.5. The molecule has 0 saturated carbocycles. The van der Waals surface area contributed by atoms with Crippen molar-refractivity contribution < 1.29 is 18.1 Å². The fourth-order valence-electron chi connectivity index (χ4n) is 0.926. The van der Waals surface area contributed by atoms with E-state index in [0.29, 0.717) is 0 Å². The van der Waals surface area contributed by atoms with Crippen LogP contribution >= 0.6 is 23.2 Å². The number of phenolic OH excluding ortho intramolecular Hbond substituents is 1. The molecule has 8 heteroatoms. The molecule has 0 aliphatic heterocycles. The molecule has 0 heterocycles. The number of aromatic hydroxyl groups is 1. The number of hydrogen-bond donors (Lipinski definition) is 2. The molecule has 1 aromatic carbocycles. The molecule has 0 bridgehead atoms. The molecule has 0 radical (unpaired) electrons. The molecule has 0 aliphatic carbocycles. The summed E-state index contributed by atoms with van der Waals surface area (Å²) in [5, 5.41) is 9.45. The number of rotatable bonds is 2. The van der Waals surface area contributed by atoms with Gasteiger partial charge in [-0.2, -0.15) is 8.42 Å². The summed E-state index contributed by atoms with van der Waals surface area (Å²) in [6.45, 7) is 0. The number of hydrogen-bond acceptors (Lipinski definition) is 3. The van der Waals surface area contributed by atoms with Gasteiger partial charge in [0.2, 0.25) is 0 Å². The molecule has 0 aliphatic rings. The quantitative estimate of drug-likeness (QED) is 0.635. The molecule has 4 nitrogen and oxygen atoms in total. The molecule has 2 N–H and O–H groups in total. The molecule has 1 rings (SSSR count). The predicted octanol–water partition coefficient (Wildman–Crippen LogP) is 1.44. The van der Waals surface area contributed by atoms with Gasteiger partial charge in [0.25, 0.3) is 10.1 Å². The number of benzene rings is 1. The minimum atomic E-state index is -4.21. The van der Waals surface area contributed by atoms with Gasteiger partial charge in [-0.1, -0.05) is 23.2 Å². The summed E-state index contributed by atoms with van der Waals surface area (Å²) in [5.41, 5.74) is -0.0370. The molecule has 0 aromatic heterocycles. The first-order valence-electron chi connectivity index (χ1n) is 3.41. The Morgan fingerprint density at radius 3 is 2.27 bits per heavy atom. The van der Waals surface area contributed by atoms with Gasteiger partial charge in [0.1, 0.15) is 11.5 Å². The molecule has 0 amide bonds. The van der Waals surface area contributed by atoms with Gasteiger partial charge in [-0.15, -0.1) is 0 Å². The maximum absolute atomic E-state index is 10.5. The molecule has 1 aromatic rings. The van der Waals surface area contributed by atoms with Gasteiger partial charge in [-0.3, -0.25) is 4.55 Å². The van der Waals surface area contributed by atoms with E-state index in [4.69, 9.17) is 27.8 Å². The molecule has 80 valence electrons. The van der Waals surface area contributed by atoms with Crippen LogP contribution in [0.1, 0.15) is 5.56 Å². The zero-order valence-corrected chi connectivity index (χ0v) is 9.07. The predicted molar refractivity (Wildman–Crippen MR) is 60.5 cm³/mol. The first-order valence-corrected chi connectivity index (χ1v) is 5.78. The third-order valence-electron chi connectivity index (χ3n) is 1.45. The summed E-state index contributed by atoms with van der Waals surface area (Å²) < 4.78 is 29.6. The Hall–Kier alpha value is 0.510. The average Bonchev–Trinajstić information content (AvgIpc) is 1.96. The third-order valence-corrected chi connectivity index (χ3v) is 2.63. The van der Waals surface area contributed by atoms with Gasteiger partial charge in [0, 0.05) is 10.6 Å². The van der Waals surface area contributed by atoms with Crippen LogP contribution in [0.4, 0.5) is 0 Å². The second-order valence-electron chi connectivity index (χ2n) is 2.62. The van der Waals surface area contributed by atoms with E-state index < -0.39 is 21.6 Å². The Kier molecular flexibility index (Phi) is 5.92. The van der Waals surface area contributed by atoms with Crippen molar-refractivity contribution in [2.45, 2.75) is 5.75 Å². The van der Waals surface area contributed by atoms with Crippen molar-refractivity contribution in [3.8, 4) is 5.75 Å². The molecular weight excluding hydrogens is 274 g/mol. The van der Waals surface area contributed by atoms with E-state index in [2.05, 4.69) is 0 Å². The Labute approximate surface area is 119 Å². The van der Waals surface area contributed by atoms with E-state index in [-0.39, 0.29) is 45.2 Å². The second kappa shape index (κ2) is 5.72. The van der Waals surface area contributed by atoms with Crippen LogP contribution in [0.15, 0.2) is 12.1 Å². The summed E-state index contributed by atoms with van der Waals surface area (Å²) in [6, 6.07) is 2.49. The summed E-state index contributed by atoms with van der Waals surface area (Å²) >= 11 is 11.1. The second-order valence-corrected chi connectivity index (χ2v) is 4.92. The average molecular weight is 281 g/mol. The van der Waals surface area contributed by atoms with Crippen molar-refractivity contribution in [2.75, 3.05) is 0 Å². The van der Waals surface area contributed by atoms with Crippen LogP contribution in [0.3, 0.4) is 0 Å². The van der Waals surface area contributed by atoms with E-state index in [1.165, 1.54) is 12.1 Å². The van der Waals surface area contributed by atoms with Crippen LogP contribution in [0, 0.1) is 0 Å². The molecule has 0 atom stereocenters. The van der Waals surface area contributed by atoms with Gasteiger partial charge in [0.05, 0.1) is 5.02 Å². The molecule has 0 unspecified atom stereocenters. The van der Waals surface area contributed by atoms with E-state index in [1.807, 2.05) is 0 Å². The number of halogens is 2. The molecule has 15 heavy (non-hydrogen) atoms. The van der Waals surface area contributed by atoms with Crippen LogP contribution in [0.5, 0.6) is 5.75 Å². The van der Waals surface area contributed by atoms with Crippen molar-refractivity contribution in [1.29, 1.82) is 0 Å². The van der Waals surface area contributed by atoms with Crippen molar-refractivity contribution in [3.05, 3.63) is 27.7 Å². The van der Waals surface area contributed by atoms with E-state index in [1.54, 1.807) is 0 Å². The summed E-state index contributed by atoms with van der Waals surface area (Å²) in [4.78, 5) is 0. The third kappa shape index (κ3) is 4.91. The van der Waals surface area contributed by atoms with E-state index in [9.17, 15) is 13.5 Å².